The molecule has 0 unspecified atom stereocenters. The van der Waals surface area contributed by atoms with Crippen LogP contribution in [0.3, 0.4) is 0 Å². The molecule has 144 valence electrons. The third-order valence-electron chi connectivity index (χ3n) is 4.66. The van der Waals surface area contributed by atoms with E-state index < -0.39 is 0 Å². The summed E-state index contributed by atoms with van der Waals surface area (Å²) in [5.41, 5.74) is 0.308. The summed E-state index contributed by atoms with van der Waals surface area (Å²) in [7, 11) is 1.58. The van der Waals surface area contributed by atoms with Gasteiger partial charge in [0.15, 0.2) is 6.19 Å². The molecule has 1 aliphatic heterocycles. The topological polar surface area (TPSA) is 105 Å². The van der Waals surface area contributed by atoms with Gasteiger partial charge in [-0.25, -0.2) is 4.79 Å². The highest BCUT2D eigenvalue weighted by Crippen LogP contribution is 2.29. The predicted octanol–water partition coefficient (Wildman–Crippen LogP) is 0.442. The van der Waals surface area contributed by atoms with Gasteiger partial charge in [-0.1, -0.05) is 0 Å². The standard InChI is InChI=1S/C17H22N6O3S/c1-4-22-14(24)13-11(2)12(9-21-6-5-19-16(21)20-10-18)27-15(13)23(17(22)25)7-8-26-3/h4-9H2,1-3H3,(H,19,20). The minimum absolute atomic E-state index is 0.253. The molecule has 0 aliphatic carbocycles. The maximum Gasteiger partial charge on any atom is 0.332 e. The number of rotatable bonds is 6. The summed E-state index contributed by atoms with van der Waals surface area (Å²) in [6.07, 6.45) is 1.90. The molecule has 3 rings (SSSR count). The second-order valence-electron chi connectivity index (χ2n) is 6.17. The normalized spacial score (nSPS) is 13.9. The third kappa shape index (κ3) is 3.36. The first-order valence-electron chi connectivity index (χ1n) is 8.72. The molecule has 0 saturated carbocycles. The van der Waals surface area contributed by atoms with Crippen LogP contribution in [0.25, 0.3) is 10.2 Å². The van der Waals surface area contributed by atoms with E-state index in [0.717, 1.165) is 10.4 Å². The summed E-state index contributed by atoms with van der Waals surface area (Å²) in [5.74, 6) is 0.539. The van der Waals surface area contributed by atoms with E-state index in [4.69, 9.17) is 10.00 Å². The molecule has 1 N–H and O–H groups in total. The molecule has 0 atom stereocenters. The number of fused-ring (bicyclic) bond motifs is 1. The van der Waals surface area contributed by atoms with Crippen LogP contribution in [-0.2, 0) is 24.4 Å². The summed E-state index contributed by atoms with van der Waals surface area (Å²) in [4.78, 5) is 33.5. The van der Waals surface area contributed by atoms with Gasteiger partial charge in [-0.15, -0.1) is 11.3 Å². The Morgan fingerprint density at radius 3 is 2.81 bits per heavy atom. The maximum atomic E-state index is 12.9. The molecule has 2 aromatic heterocycles. The lowest BCUT2D eigenvalue weighted by Crippen LogP contribution is -2.39. The van der Waals surface area contributed by atoms with Gasteiger partial charge in [-0.2, -0.15) is 5.26 Å². The zero-order chi connectivity index (χ0) is 19.6. The van der Waals surface area contributed by atoms with Crippen LogP contribution < -0.4 is 16.6 Å². The van der Waals surface area contributed by atoms with Gasteiger partial charge in [0.2, 0.25) is 5.96 Å². The van der Waals surface area contributed by atoms with Crippen LogP contribution in [-0.4, -0.2) is 46.8 Å². The lowest BCUT2D eigenvalue weighted by Gasteiger charge is -2.18. The van der Waals surface area contributed by atoms with Crippen LogP contribution in [0.15, 0.2) is 14.6 Å². The molecular formula is C17H22N6O3S. The van der Waals surface area contributed by atoms with E-state index in [2.05, 4.69) is 10.3 Å². The lowest BCUT2D eigenvalue weighted by atomic mass is 10.2. The number of nitriles is 1. The number of aryl methyl sites for hydroxylation is 1. The first kappa shape index (κ1) is 19.1. The Labute approximate surface area is 160 Å². The highest BCUT2D eigenvalue weighted by molar-refractivity contribution is 7.18. The smallest absolute Gasteiger partial charge is 0.332 e. The molecule has 0 radical (unpaired) electrons. The first-order chi connectivity index (χ1) is 13.0. The van der Waals surface area contributed by atoms with Crippen molar-refractivity contribution >= 4 is 27.5 Å². The van der Waals surface area contributed by atoms with Crippen molar-refractivity contribution in [2.24, 2.45) is 4.99 Å². The summed E-state index contributed by atoms with van der Waals surface area (Å²) in [5, 5.41) is 12.0. The van der Waals surface area contributed by atoms with E-state index in [1.165, 1.54) is 15.9 Å². The minimum atomic E-state index is -0.311. The molecule has 0 fully saturated rings. The number of nitrogens with one attached hydrogen (secondary N) is 1. The molecule has 0 aromatic carbocycles. The fraction of sp³-hybridized carbons (Fsp3) is 0.529. The highest BCUT2D eigenvalue weighted by Gasteiger charge is 2.23. The molecule has 0 spiro atoms. The Kier molecular flexibility index (Phi) is 5.62. The van der Waals surface area contributed by atoms with Crippen molar-refractivity contribution in [3.63, 3.8) is 0 Å². The first-order valence-corrected chi connectivity index (χ1v) is 9.54. The van der Waals surface area contributed by atoms with Gasteiger partial charge in [0.05, 0.1) is 31.6 Å². The van der Waals surface area contributed by atoms with Crippen LogP contribution in [0.1, 0.15) is 17.4 Å². The Morgan fingerprint density at radius 1 is 1.37 bits per heavy atom. The molecular weight excluding hydrogens is 368 g/mol. The number of nitrogens with zero attached hydrogens (tertiary/aromatic N) is 5. The average Bonchev–Trinajstić information content (AvgIpc) is 3.21. The number of thiophene rings is 1. The van der Waals surface area contributed by atoms with E-state index in [9.17, 15) is 9.59 Å². The summed E-state index contributed by atoms with van der Waals surface area (Å²) in [6, 6.07) is 0. The molecule has 27 heavy (non-hydrogen) atoms. The minimum Gasteiger partial charge on any atom is -0.383 e. The Balaban J connectivity index is 2.12. The van der Waals surface area contributed by atoms with Crippen LogP contribution in [0, 0.1) is 18.4 Å². The van der Waals surface area contributed by atoms with E-state index in [1.807, 2.05) is 18.0 Å². The van der Waals surface area contributed by atoms with E-state index >= 15 is 0 Å². The second kappa shape index (κ2) is 7.94. The maximum absolute atomic E-state index is 12.9. The van der Waals surface area contributed by atoms with Crippen LogP contribution in [0.5, 0.6) is 0 Å². The van der Waals surface area contributed by atoms with Crippen molar-refractivity contribution in [3.05, 3.63) is 31.3 Å². The molecule has 0 saturated heterocycles. The van der Waals surface area contributed by atoms with Gasteiger partial charge in [0.1, 0.15) is 4.83 Å². The number of methoxy groups -OCH3 is 1. The lowest BCUT2D eigenvalue weighted by molar-refractivity contribution is 0.186. The Hall–Kier alpha value is -2.64. The summed E-state index contributed by atoms with van der Waals surface area (Å²) >= 11 is 1.44. The number of hydrogen-bond acceptors (Lipinski definition) is 8. The van der Waals surface area contributed by atoms with Gasteiger partial charge >= 0.3 is 5.69 Å². The molecule has 2 aromatic rings. The number of hydrogen-bond donors (Lipinski definition) is 1. The Morgan fingerprint density at radius 2 is 2.15 bits per heavy atom. The summed E-state index contributed by atoms with van der Waals surface area (Å²) in [6.45, 7) is 6.64. The van der Waals surface area contributed by atoms with E-state index in [1.54, 1.807) is 18.6 Å². The van der Waals surface area contributed by atoms with Crippen LogP contribution in [0.4, 0.5) is 0 Å². The molecule has 0 amide bonds. The van der Waals surface area contributed by atoms with E-state index in [-0.39, 0.29) is 11.2 Å². The van der Waals surface area contributed by atoms with Crippen molar-refractivity contribution < 1.29 is 4.74 Å². The third-order valence-corrected chi connectivity index (χ3v) is 5.96. The zero-order valence-corrected chi connectivity index (χ0v) is 16.4. The van der Waals surface area contributed by atoms with Gasteiger partial charge in [0.25, 0.3) is 5.56 Å². The molecule has 9 nitrogen and oxygen atoms in total. The molecule has 3 heterocycles. The fourth-order valence-corrected chi connectivity index (χ4v) is 4.56. The van der Waals surface area contributed by atoms with E-state index in [0.29, 0.717) is 55.5 Å². The summed E-state index contributed by atoms with van der Waals surface area (Å²) < 4.78 is 8.02. The van der Waals surface area contributed by atoms with Crippen LogP contribution in [0.2, 0.25) is 0 Å². The Bertz CT molecular complexity index is 1040. The van der Waals surface area contributed by atoms with Crippen molar-refractivity contribution in [2.45, 2.75) is 33.5 Å². The second-order valence-corrected chi connectivity index (χ2v) is 7.25. The fourth-order valence-electron chi connectivity index (χ4n) is 3.23. The van der Waals surface area contributed by atoms with Crippen molar-refractivity contribution in [2.75, 3.05) is 26.8 Å². The highest BCUT2D eigenvalue weighted by atomic mass is 32.1. The van der Waals surface area contributed by atoms with Gasteiger partial charge < -0.3 is 9.64 Å². The SMILES string of the molecule is CCn1c(=O)c2c(C)c(CN3CCN=C3NC#N)sc2n(CCOC)c1=O. The van der Waals surface area contributed by atoms with Gasteiger partial charge in [-0.05, 0) is 19.4 Å². The number of guanidine groups is 1. The van der Waals surface area contributed by atoms with Gasteiger partial charge in [-0.3, -0.25) is 24.2 Å². The molecule has 0 bridgehead atoms. The number of ether oxygens (including phenoxy) is 1. The van der Waals surface area contributed by atoms with Crippen molar-refractivity contribution in [1.82, 2.24) is 19.4 Å². The number of aliphatic imine (C=N–C) groups is 1. The van der Waals surface area contributed by atoms with Crippen LogP contribution >= 0.6 is 11.3 Å². The quantitative estimate of drug-likeness (QED) is 0.567. The van der Waals surface area contributed by atoms with Crippen molar-refractivity contribution in [1.29, 1.82) is 5.26 Å². The van der Waals surface area contributed by atoms with Gasteiger partial charge in [0, 0.05) is 25.1 Å². The average molecular weight is 390 g/mol. The predicted molar refractivity (Wildman–Crippen MR) is 104 cm³/mol. The van der Waals surface area contributed by atoms with Crippen molar-refractivity contribution in [3.8, 4) is 6.19 Å². The zero-order valence-electron chi connectivity index (χ0n) is 15.6. The monoisotopic (exact) mass is 390 g/mol. The molecule has 10 heteroatoms. The number of aromatic nitrogens is 2. The largest absolute Gasteiger partial charge is 0.383 e. The molecule has 1 aliphatic rings.